The number of ether oxygens (including phenoxy) is 1. The highest BCUT2D eigenvalue weighted by atomic mass is 19.1. The number of aromatic amines is 1. The van der Waals surface area contributed by atoms with E-state index in [4.69, 9.17) is 4.74 Å². The van der Waals surface area contributed by atoms with Gasteiger partial charge in [0.25, 0.3) is 0 Å². The molecule has 1 heterocycles. The number of methoxy groups -OCH3 is 1. The van der Waals surface area contributed by atoms with E-state index in [1.54, 1.807) is 13.2 Å². The summed E-state index contributed by atoms with van der Waals surface area (Å²) in [4.78, 5) is 17.9. The molecule has 1 atom stereocenters. The number of amides is 1. The Hall–Kier alpha value is -2.86. The zero-order valence-corrected chi connectivity index (χ0v) is 16.7. The highest BCUT2D eigenvalue weighted by molar-refractivity contribution is 5.90. The molecule has 0 fully saturated rings. The molecule has 5 nitrogen and oxygen atoms in total. The first kappa shape index (κ1) is 19.9. The number of hydrogen-bond donors (Lipinski definition) is 2. The molecule has 0 saturated carbocycles. The number of benzene rings is 2. The lowest BCUT2D eigenvalue weighted by molar-refractivity contribution is -0.120. The number of carbonyl (C=O) groups is 1. The van der Waals surface area contributed by atoms with Gasteiger partial charge >= 0.3 is 0 Å². The summed E-state index contributed by atoms with van der Waals surface area (Å²) in [5, 5.41) is 3.77. The molecule has 0 radical (unpaired) electrons. The van der Waals surface area contributed by atoms with Crippen LogP contribution in [0.5, 0.6) is 5.75 Å². The molecule has 2 aromatic carbocycles. The van der Waals surface area contributed by atoms with Crippen molar-refractivity contribution >= 4 is 16.8 Å². The van der Waals surface area contributed by atoms with Crippen LogP contribution >= 0.6 is 0 Å². The van der Waals surface area contributed by atoms with Crippen LogP contribution in [0.15, 0.2) is 42.5 Å². The molecule has 0 aliphatic heterocycles. The number of likely N-dealkylation sites (N-methyl/N-ethyl adjacent to an activating group) is 1. The number of carbonyl (C=O) groups excluding carboxylic acids is 1. The molecule has 0 saturated heterocycles. The monoisotopic (exact) mass is 383 g/mol. The number of aromatic nitrogens is 1. The first-order chi connectivity index (χ1) is 13.4. The number of halogens is 1. The zero-order valence-electron chi connectivity index (χ0n) is 16.7. The van der Waals surface area contributed by atoms with Gasteiger partial charge in [-0.1, -0.05) is 12.1 Å². The van der Waals surface area contributed by atoms with E-state index in [0.717, 1.165) is 33.5 Å². The van der Waals surface area contributed by atoms with Crippen molar-refractivity contribution in [3.8, 4) is 5.75 Å². The van der Waals surface area contributed by atoms with Crippen LogP contribution in [0.1, 0.15) is 22.9 Å². The van der Waals surface area contributed by atoms with Crippen molar-refractivity contribution in [2.45, 2.75) is 19.4 Å². The molecule has 1 amide bonds. The summed E-state index contributed by atoms with van der Waals surface area (Å²) in [6.07, 6.45) is 0.206. The van der Waals surface area contributed by atoms with Gasteiger partial charge < -0.3 is 19.9 Å². The number of H-pyrrole nitrogens is 1. The molecule has 2 N–H and O–H groups in total. The van der Waals surface area contributed by atoms with Crippen LogP contribution in [0.2, 0.25) is 0 Å². The average molecular weight is 383 g/mol. The number of nitrogens with zero attached hydrogens (tertiary/aromatic N) is 1. The smallest absolute Gasteiger partial charge is 0.224 e. The normalized spacial score (nSPS) is 12.4. The van der Waals surface area contributed by atoms with Gasteiger partial charge in [-0.2, -0.15) is 0 Å². The Balaban J connectivity index is 1.70. The van der Waals surface area contributed by atoms with Gasteiger partial charge in [-0.3, -0.25) is 4.79 Å². The maximum Gasteiger partial charge on any atom is 0.224 e. The number of nitrogens with one attached hydrogen (secondary N) is 2. The van der Waals surface area contributed by atoms with Crippen molar-refractivity contribution in [2.24, 2.45) is 0 Å². The standard InChI is InChI=1S/C22H26FN3O2/c1-14-18(19-11-16(23)7-10-20(19)25-14)12-22(27)24-13-21(26(2)3)15-5-8-17(28-4)9-6-15/h5-11,21,25H,12-13H2,1-4H3,(H,24,27). The third-order valence-corrected chi connectivity index (χ3v) is 5.04. The van der Waals surface area contributed by atoms with Crippen molar-refractivity contribution in [1.29, 1.82) is 0 Å². The van der Waals surface area contributed by atoms with E-state index in [1.807, 2.05) is 45.3 Å². The van der Waals surface area contributed by atoms with Crippen molar-refractivity contribution in [3.05, 3.63) is 65.1 Å². The molecule has 3 rings (SSSR count). The minimum absolute atomic E-state index is 0.0383. The third-order valence-electron chi connectivity index (χ3n) is 5.04. The van der Waals surface area contributed by atoms with E-state index < -0.39 is 0 Å². The molecule has 0 aliphatic rings. The number of rotatable bonds is 7. The summed E-state index contributed by atoms with van der Waals surface area (Å²) >= 11 is 0. The fraction of sp³-hybridized carbons (Fsp3) is 0.318. The number of hydrogen-bond acceptors (Lipinski definition) is 3. The van der Waals surface area contributed by atoms with Crippen LogP contribution in [0.25, 0.3) is 10.9 Å². The summed E-state index contributed by atoms with van der Waals surface area (Å²) < 4.78 is 18.8. The summed E-state index contributed by atoms with van der Waals surface area (Å²) in [6, 6.07) is 12.5. The first-order valence-corrected chi connectivity index (χ1v) is 9.23. The lowest BCUT2D eigenvalue weighted by Crippen LogP contribution is -2.35. The predicted octanol–water partition coefficient (Wildman–Crippen LogP) is 3.59. The Bertz CT molecular complexity index is 964. The van der Waals surface area contributed by atoms with E-state index >= 15 is 0 Å². The summed E-state index contributed by atoms with van der Waals surface area (Å²) in [6.45, 7) is 2.38. The van der Waals surface area contributed by atoms with Crippen LogP contribution in [0.3, 0.4) is 0 Å². The van der Waals surface area contributed by atoms with Crippen LogP contribution in [-0.2, 0) is 11.2 Å². The van der Waals surface area contributed by atoms with Crippen LogP contribution in [0, 0.1) is 12.7 Å². The Morgan fingerprint density at radius 3 is 2.57 bits per heavy atom. The second-order valence-corrected chi connectivity index (χ2v) is 7.15. The second kappa shape index (κ2) is 8.44. The van der Waals surface area contributed by atoms with E-state index in [0.29, 0.717) is 6.54 Å². The van der Waals surface area contributed by atoms with E-state index in [1.165, 1.54) is 12.1 Å². The molecule has 1 aromatic heterocycles. The van der Waals surface area contributed by atoms with Gasteiger partial charge in [0.05, 0.1) is 19.6 Å². The van der Waals surface area contributed by atoms with Crippen molar-refractivity contribution < 1.29 is 13.9 Å². The average Bonchev–Trinajstić information content (AvgIpc) is 2.97. The Kier molecular flexibility index (Phi) is 5.99. The van der Waals surface area contributed by atoms with Gasteiger partial charge in [-0.25, -0.2) is 4.39 Å². The highest BCUT2D eigenvalue weighted by Gasteiger charge is 2.17. The molecule has 6 heteroatoms. The predicted molar refractivity (Wildman–Crippen MR) is 109 cm³/mol. The maximum atomic E-state index is 13.6. The molecule has 148 valence electrons. The van der Waals surface area contributed by atoms with E-state index in [9.17, 15) is 9.18 Å². The second-order valence-electron chi connectivity index (χ2n) is 7.15. The largest absolute Gasteiger partial charge is 0.497 e. The summed E-state index contributed by atoms with van der Waals surface area (Å²) in [5.74, 6) is 0.404. The van der Waals surface area contributed by atoms with Gasteiger partial charge in [0.15, 0.2) is 0 Å². The molecule has 1 unspecified atom stereocenters. The minimum Gasteiger partial charge on any atom is -0.497 e. The van der Waals surface area contributed by atoms with Crippen molar-refractivity contribution in [1.82, 2.24) is 15.2 Å². The van der Waals surface area contributed by atoms with E-state index in [2.05, 4.69) is 15.2 Å². The first-order valence-electron chi connectivity index (χ1n) is 9.23. The number of fused-ring (bicyclic) bond motifs is 1. The van der Waals surface area contributed by atoms with Gasteiger partial charge in [0.2, 0.25) is 5.91 Å². The van der Waals surface area contributed by atoms with Gasteiger partial charge in [-0.15, -0.1) is 0 Å². The van der Waals surface area contributed by atoms with Gasteiger partial charge in [0, 0.05) is 23.1 Å². The molecule has 28 heavy (non-hydrogen) atoms. The minimum atomic E-state index is -0.305. The van der Waals surface area contributed by atoms with E-state index in [-0.39, 0.29) is 24.2 Å². The summed E-state index contributed by atoms with van der Waals surface area (Å²) in [5.41, 5.74) is 3.65. The SMILES string of the molecule is COc1ccc(C(CNC(=O)Cc2c(C)[nH]c3ccc(F)cc23)N(C)C)cc1. The summed E-state index contributed by atoms with van der Waals surface area (Å²) in [7, 11) is 5.60. The van der Waals surface area contributed by atoms with Crippen molar-refractivity contribution in [3.63, 3.8) is 0 Å². The quantitative estimate of drug-likeness (QED) is 0.656. The van der Waals surface area contributed by atoms with Crippen LogP contribution < -0.4 is 10.1 Å². The molecular formula is C22H26FN3O2. The third kappa shape index (κ3) is 4.34. The Labute approximate surface area is 164 Å². The molecule has 0 spiro atoms. The Morgan fingerprint density at radius 1 is 1.21 bits per heavy atom. The van der Waals surface area contributed by atoms with Gasteiger partial charge in [0.1, 0.15) is 11.6 Å². The Morgan fingerprint density at radius 2 is 1.93 bits per heavy atom. The maximum absolute atomic E-state index is 13.6. The lowest BCUT2D eigenvalue weighted by Gasteiger charge is -2.25. The van der Waals surface area contributed by atoms with Crippen LogP contribution in [-0.4, -0.2) is 43.5 Å². The van der Waals surface area contributed by atoms with Crippen molar-refractivity contribution in [2.75, 3.05) is 27.7 Å². The topological polar surface area (TPSA) is 57.4 Å². The molecule has 0 bridgehead atoms. The molecule has 0 aliphatic carbocycles. The number of aryl methyl sites for hydroxylation is 1. The van der Waals surface area contributed by atoms with Gasteiger partial charge in [-0.05, 0) is 62.5 Å². The zero-order chi connectivity index (χ0) is 20.3. The molecule has 3 aromatic rings. The fourth-order valence-electron chi connectivity index (χ4n) is 3.44. The lowest BCUT2D eigenvalue weighted by atomic mass is 10.0. The molecular weight excluding hydrogens is 357 g/mol. The van der Waals surface area contributed by atoms with Crippen LogP contribution in [0.4, 0.5) is 4.39 Å². The fourth-order valence-corrected chi connectivity index (χ4v) is 3.44. The highest BCUT2D eigenvalue weighted by Crippen LogP contribution is 2.24.